The molecular weight excluding hydrogens is 334 g/mol. The molecule has 3 rings (SSSR count). The predicted molar refractivity (Wildman–Crippen MR) is 85.4 cm³/mol. The first-order valence-electron chi connectivity index (χ1n) is 7.34. The number of halogens is 1. The molecule has 0 amide bonds. The second-order valence-corrected chi connectivity index (χ2v) is 6.25. The van der Waals surface area contributed by atoms with Crippen LogP contribution in [-0.2, 0) is 4.74 Å². The van der Waals surface area contributed by atoms with Gasteiger partial charge in [-0.3, -0.25) is 0 Å². The largest absolute Gasteiger partial charge is 0.376 e. The van der Waals surface area contributed by atoms with E-state index in [2.05, 4.69) is 31.3 Å². The number of anilines is 1. The number of rotatable bonds is 5. The Balaban J connectivity index is 1.45. The highest BCUT2D eigenvalue weighted by atomic mass is 79.9. The molecule has 0 aromatic carbocycles. The highest BCUT2D eigenvalue weighted by Gasteiger charge is 2.18. The summed E-state index contributed by atoms with van der Waals surface area (Å²) in [6.45, 7) is 1.37. The molecule has 0 saturated heterocycles. The van der Waals surface area contributed by atoms with E-state index in [0.717, 1.165) is 35.8 Å². The highest BCUT2D eigenvalue weighted by Crippen LogP contribution is 2.20. The van der Waals surface area contributed by atoms with Gasteiger partial charge in [-0.15, -0.1) is 5.10 Å². The molecule has 21 heavy (non-hydrogen) atoms. The van der Waals surface area contributed by atoms with Gasteiger partial charge in [-0.1, -0.05) is 0 Å². The lowest BCUT2D eigenvalue weighted by Crippen LogP contribution is -2.31. The summed E-state index contributed by atoms with van der Waals surface area (Å²) in [5.74, 6) is 0.621. The lowest BCUT2D eigenvalue weighted by molar-refractivity contribution is 0.0312. The van der Waals surface area contributed by atoms with Crippen molar-refractivity contribution in [2.45, 2.75) is 37.8 Å². The van der Waals surface area contributed by atoms with Gasteiger partial charge in [0.05, 0.1) is 17.2 Å². The van der Waals surface area contributed by atoms with Crippen LogP contribution in [-0.4, -0.2) is 39.9 Å². The third-order valence-electron chi connectivity index (χ3n) is 3.77. The Morgan fingerprint density at radius 1 is 1.38 bits per heavy atom. The Morgan fingerprint density at radius 2 is 2.19 bits per heavy atom. The van der Waals surface area contributed by atoms with Crippen molar-refractivity contribution < 1.29 is 4.74 Å². The van der Waals surface area contributed by atoms with Crippen molar-refractivity contribution in [1.82, 2.24) is 14.6 Å². The summed E-state index contributed by atoms with van der Waals surface area (Å²) >= 11 is 3.46. The van der Waals surface area contributed by atoms with Gasteiger partial charge in [-0.25, -0.2) is 4.52 Å². The van der Waals surface area contributed by atoms with Gasteiger partial charge in [0.2, 0.25) is 5.95 Å². The van der Waals surface area contributed by atoms with Crippen LogP contribution in [0.5, 0.6) is 0 Å². The number of nitrogens with one attached hydrogen (secondary N) is 1. The maximum Gasteiger partial charge on any atom is 0.243 e. The van der Waals surface area contributed by atoms with Crippen LogP contribution in [0.2, 0.25) is 0 Å². The molecule has 2 aromatic rings. The lowest BCUT2D eigenvalue weighted by Gasteiger charge is -2.26. The molecule has 0 radical (unpaired) electrons. The second-order valence-electron chi connectivity index (χ2n) is 5.39. The number of aromatic nitrogens is 3. The van der Waals surface area contributed by atoms with E-state index in [1.165, 1.54) is 0 Å². The zero-order valence-corrected chi connectivity index (χ0v) is 13.4. The third-order valence-corrected chi connectivity index (χ3v) is 4.39. The van der Waals surface area contributed by atoms with Crippen molar-refractivity contribution >= 4 is 27.5 Å². The van der Waals surface area contributed by atoms with E-state index in [0.29, 0.717) is 31.2 Å². The summed E-state index contributed by atoms with van der Waals surface area (Å²) in [7, 11) is 0. The number of ether oxygens (including phenoxy) is 1. The number of pyridine rings is 1. The summed E-state index contributed by atoms with van der Waals surface area (Å²) in [6.07, 6.45) is 6.51. The first-order chi connectivity index (χ1) is 10.2. The SMILES string of the molecule is NC1CCC(OCCNc2nc3c(Br)cccn3n2)CC1. The molecule has 1 aliphatic rings. The summed E-state index contributed by atoms with van der Waals surface area (Å²) in [5, 5.41) is 7.56. The molecule has 0 bridgehead atoms. The second kappa shape index (κ2) is 6.72. The summed E-state index contributed by atoms with van der Waals surface area (Å²) in [4.78, 5) is 4.43. The first-order valence-corrected chi connectivity index (χ1v) is 8.13. The molecule has 0 spiro atoms. The van der Waals surface area contributed by atoms with Gasteiger partial charge in [0.1, 0.15) is 0 Å². The van der Waals surface area contributed by atoms with Crippen molar-refractivity contribution in [2.24, 2.45) is 5.73 Å². The van der Waals surface area contributed by atoms with Gasteiger partial charge in [0, 0.05) is 18.8 Å². The van der Waals surface area contributed by atoms with Crippen molar-refractivity contribution in [2.75, 3.05) is 18.5 Å². The minimum Gasteiger partial charge on any atom is -0.376 e. The normalized spacial score (nSPS) is 22.6. The first kappa shape index (κ1) is 14.7. The molecule has 6 nitrogen and oxygen atoms in total. The molecule has 2 aromatic heterocycles. The quantitative estimate of drug-likeness (QED) is 0.805. The summed E-state index contributed by atoms with van der Waals surface area (Å²) < 4.78 is 8.54. The van der Waals surface area contributed by atoms with E-state index in [1.54, 1.807) is 4.52 Å². The average Bonchev–Trinajstić information content (AvgIpc) is 2.90. The maximum absolute atomic E-state index is 5.89. The van der Waals surface area contributed by atoms with Crippen LogP contribution in [0.25, 0.3) is 5.65 Å². The molecule has 0 atom stereocenters. The Morgan fingerprint density at radius 3 is 2.95 bits per heavy atom. The molecule has 1 aliphatic carbocycles. The van der Waals surface area contributed by atoms with Gasteiger partial charge < -0.3 is 15.8 Å². The molecule has 3 N–H and O–H groups in total. The molecule has 1 saturated carbocycles. The molecule has 0 aliphatic heterocycles. The number of hydrogen-bond acceptors (Lipinski definition) is 5. The number of nitrogens with zero attached hydrogens (tertiary/aromatic N) is 3. The van der Waals surface area contributed by atoms with Crippen LogP contribution in [0, 0.1) is 0 Å². The van der Waals surface area contributed by atoms with Crippen LogP contribution >= 0.6 is 15.9 Å². The molecule has 2 heterocycles. The third kappa shape index (κ3) is 3.72. The molecule has 114 valence electrons. The molecule has 7 heteroatoms. The summed E-state index contributed by atoms with van der Waals surface area (Å²) in [6, 6.07) is 4.24. The number of fused-ring (bicyclic) bond motifs is 1. The van der Waals surface area contributed by atoms with Gasteiger partial charge in [0.25, 0.3) is 0 Å². The zero-order chi connectivity index (χ0) is 14.7. The van der Waals surface area contributed by atoms with E-state index in [4.69, 9.17) is 10.5 Å². The van der Waals surface area contributed by atoms with Crippen molar-refractivity contribution in [3.05, 3.63) is 22.8 Å². The average molecular weight is 354 g/mol. The maximum atomic E-state index is 5.89. The standard InChI is InChI=1S/C14H20BrN5O/c15-12-2-1-8-20-13(12)18-14(19-20)17-7-9-21-11-5-3-10(16)4-6-11/h1-2,8,10-11H,3-7,9,16H2,(H,17,19). The van der Waals surface area contributed by atoms with Crippen LogP contribution in [0.1, 0.15) is 25.7 Å². The smallest absolute Gasteiger partial charge is 0.243 e. The van der Waals surface area contributed by atoms with Crippen LogP contribution in [0.15, 0.2) is 22.8 Å². The van der Waals surface area contributed by atoms with E-state index < -0.39 is 0 Å². The minimum atomic E-state index is 0.356. The van der Waals surface area contributed by atoms with Crippen LogP contribution in [0.3, 0.4) is 0 Å². The van der Waals surface area contributed by atoms with Crippen LogP contribution in [0.4, 0.5) is 5.95 Å². The zero-order valence-electron chi connectivity index (χ0n) is 11.8. The fraction of sp³-hybridized carbons (Fsp3) is 0.571. The van der Waals surface area contributed by atoms with Crippen LogP contribution < -0.4 is 11.1 Å². The Bertz CT molecular complexity index is 594. The van der Waals surface area contributed by atoms with Gasteiger partial charge >= 0.3 is 0 Å². The van der Waals surface area contributed by atoms with E-state index >= 15 is 0 Å². The molecular formula is C14H20BrN5O. The Kier molecular flexibility index (Phi) is 4.72. The molecule has 1 fully saturated rings. The van der Waals surface area contributed by atoms with Gasteiger partial charge in [0.15, 0.2) is 5.65 Å². The Labute approximate surface area is 132 Å². The Hall–Kier alpha value is -1.18. The monoisotopic (exact) mass is 353 g/mol. The number of hydrogen-bond donors (Lipinski definition) is 2. The fourth-order valence-electron chi connectivity index (χ4n) is 2.59. The highest BCUT2D eigenvalue weighted by molar-refractivity contribution is 9.10. The van der Waals surface area contributed by atoms with E-state index in [1.807, 2.05) is 18.3 Å². The molecule has 0 unspecified atom stereocenters. The van der Waals surface area contributed by atoms with E-state index in [9.17, 15) is 0 Å². The lowest BCUT2D eigenvalue weighted by atomic mass is 9.94. The predicted octanol–water partition coefficient (Wildman–Crippen LogP) is 2.19. The number of nitrogens with two attached hydrogens (primary N) is 1. The fourth-order valence-corrected chi connectivity index (χ4v) is 3.02. The van der Waals surface area contributed by atoms with Crippen molar-refractivity contribution in [1.29, 1.82) is 0 Å². The minimum absolute atomic E-state index is 0.356. The van der Waals surface area contributed by atoms with Crippen molar-refractivity contribution in [3.8, 4) is 0 Å². The van der Waals surface area contributed by atoms with Crippen molar-refractivity contribution in [3.63, 3.8) is 0 Å². The van der Waals surface area contributed by atoms with Gasteiger partial charge in [-0.2, -0.15) is 4.98 Å². The van der Waals surface area contributed by atoms with E-state index in [-0.39, 0.29) is 0 Å². The topological polar surface area (TPSA) is 77.5 Å². The summed E-state index contributed by atoms with van der Waals surface area (Å²) in [5.41, 5.74) is 6.69. The van der Waals surface area contributed by atoms with Gasteiger partial charge in [-0.05, 0) is 53.7 Å².